The van der Waals surface area contributed by atoms with Gasteiger partial charge in [0.1, 0.15) is 5.69 Å². The van der Waals surface area contributed by atoms with Crippen LogP contribution < -0.4 is 5.32 Å². The van der Waals surface area contributed by atoms with E-state index in [2.05, 4.69) is 15.5 Å². The first kappa shape index (κ1) is 18.4. The summed E-state index contributed by atoms with van der Waals surface area (Å²) in [6.07, 6.45) is 8.08. The van der Waals surface area contributed by atoms with E-state index in [0.29, 0.717) is 11.6 Å². The molecule has 1 saturated carbocycles. The van der Waals surface area contributed by atoms with Crippen LogP contribution in [0.4, 0.5) is 0 Å². The monoisotopic (exact) mass is 396 g/mol. The van der Waals surface area contributed by atoms with Gasteiger partial charge in [-0.25, -0.2) is 0 Å². The smallest absolute Gasteiger partial charge is 0.269 e. The third-order valence-corrected chi connectivity index (χ3v) is 6.90. The van der Waals surface area contributed by atoms with Crippen molar-refractivity contribution in [1.29, 1.82) is 0 Å². The van der Waals surface area contributed by atoms with E-state index in [9.17, 15) is 9.59 Å². The van der Waals surface area contributed by atoms with Crippen molar-refractivity contribution in [3.63, 3.8) is 0 Å². The zero-order valence-electron chi connectivity index (χ0n) is 17.3. The molecule has 8 heteroatoms. The number of amides is 2. The summed E-state index contributed by atoms with van der Waals surface area (Å²) < 4.78 is 3.38. The van der Waals surface area contributed by atoms with Gasteiger partial charge in [-0.05, 0) is 45.1 Å². The molecule has 1 aliphatic carbocycles. The van der Waals surface area contributed by atoms with Crippen LogP contribution in [0.25, 0.3) is 0 Å². The molecule has 0 unspecified atom stereocenters. The van der Waals surface area contributed by atoms with E-state index in [1.165, 1.54) is 6.42 Å². The molecule has 2 aromatic rings. The molecule has 8 nitrogen and oxygen atoms in total. The Morgan fingerprint density at radius 1 is 1.14 bits per heavy atom. The Bertz CT molecular complexity index is 972. The third kappa shape index (κ3) is 2.96. The highest BCUT2D eigenvalue weighted by atomic mass is 16.2. The molecular weight excluding hydrogens is 368 g/mol. The van der Waals surface area contributed by atoms with Gasteiger partial charge in [-0.15, -0.1) is 0 Å². The summed E-state index contributed by atoms with van der Waals surface area (Å²) in [5.41, 5.74) is 3.09. The summed E-state index contributed by atoms with van der Waals surface area (Å²) >= 11 is 0. The van der Waals surface area contributed by atoms with Gasteiger partial charge in [-0.2, -0.15) is 10.2 Å². The highest BCUT2D eigenvalue weighted by Gasteiger charge is 2.50. The molecule has 0 radical (unpaired) electrons. The number of nitrogens with one attached hydrogen (secondary N) is 1. The minimum absolute atomic E-state index is 0.00997. The maximum absolute atomic E-state index is 13.5. The summed E-state index contributed by atoms with van der Waals surface area (Å²) in [7, 11) is 3.67. The van der Waals surface area contributed by atoms with Gasteiger partial charge in [-0.1, -0.05) is 6.42 Å². The van der Waals surface area contributed by atoms with Gasteiger partial charge in [0.2, 0.25) is 0 Å². The number of aromatic nitrogens is 4. The van der Waals surface area contributed by atoms with Crippen LogP contribution in [-0.2, 0) is 14.1 Å². The molecule has 29 heavy (non-hydrogen) atoms. The first-order valence-corrected chi connectivity index (χ1v) is 10.6. The molecule has 5 rings (SSSR count). The number of hydrogen-bond donors (Lipinski definition) is 1. The lowest BCUT2D eigenvalue weighted by molar-refractivity contribution is 0.0713. The van der Waals surface area contributed by atoms with Crippen molar-refractivity contribution in [2.45, 2.75) is 69.5 Å². The molecule has 2 saturated heterocycles. The van der Waals surface area contributed by atoms with Crippen LogP contribution in [0.3, 0.4) is 0 Å². The fraction of sp³-hybridized carbons (Fsp3) is 0.619. The highest BCUT2D eigenvalue weighted by molar-refractivity contribution is 5.97. The lowest BCUT2D eigenvalue weighted by Crippen LogP contribution is -2.45. The maximum atomic E-state index is 13.5. The topological polar surface area (TPSA) is 85.0 Å². The van der Waals surface area contributed by atoms with Crippen LogP contribution in [0.2, 0.25) is 0 Å². The number of rotatable bonds is 4. The molecular formula is C21H28N6O2. The highest BCUT2D eigenvalue weighted by Crippen LogP contribution is 2.41. The predicted molar refractivity (Wildman–Crippen MR) is 107 cm³/mol. The largest absolute Gasteiger partial charge is 0.346 e. The molecule has 0 aromatic carbocycles. The van der Waals surface area contributed by atoms with Gasteiger partial charge in [0, 0.05) is 32.3 Å². The quantitative estimate of drug-likeness (QED) is 0.855. The number of carbonyl (C=O) groups is 2. The van der Waals surface area contributed by atoms with Gasteiger partial charge in [0.25, 0.3) is 11.8 Å². The third-order valence-electron chi connectivity index (χ3n) is 6.90. The van der Waals surface area contributed by atoms with Gasteiger partial charge in [0.05, 0.1) is 29.0 Å². The molecule has 2 bridgehead atoms. The number of nitrogens with zero attached hydrogens (tertiary/aromatic N) is 5. The first-order chi connectivity index (χ1) is 13.9. The van der Waals surface area contributed by atoms with Gasteiger partial charge in [0.15, 0.2) is 0 Å². The van der Waals surface area contributed by atoms with Crippen molar-refractivity contribution in [2.24, 2.45) is 14.1 Å². The van der Waals surface area contributed by atoms with E-state index < -0.39 is 0 Å². The normalized spacial score (nSPS) is 26.0. The Morgan fingerprint density at radius 2 is 1.93 bits per heavy atom. The van der Waals surface area contributed by atoms with E-state index in [4.69, 9.17) is 0 Å². The Hall–Kier alpha value is -2.64. The standard InChI is InChI=1S/C21H28N6O2/c1-12-9-18(26(3)23-12)20(28)22-16-10-14-7-8-17(16)27(14)21(29)15-11-25(2)24-19(15)13-5-4-6-13/h9,11,13-14,16-17H,4-8,10H2,1-3H3,(H,22,28)/t14-,16+,17+/m0/s1. The molecule has 2 aromatic heterocycles. The predicted octanol–water partition coefficient (Wildman–Crippen LogP) is 1.91. The van der Waals surface area contributed by atoms with Gasteiger partial charge >= 0.3 is 0 Å². The van der Waals surface area contributed by atoms with Crippen LogP contribution in [0.5, 0.6) is 0 Å². The van der Waals surface area contributed by atoms with E-state index >= 15 is 0 Å². The van der Waals surface area contributed by atoms with Crippen molar-refractivity contribution in [3.8, 4) is 0 Å². The Labute approximate surface area is 170 Å². The summed E-state index contributed by atoms with van der Waals surface area (Å²) in [6.45, 7) is 1.88. The number of aryl methyl sites for hydroxylation is 3. The molecule has 1 N–H and O–H groups in total. The molecule has 3 atom stereocenters. The van der Waals surface area contributed by atoms with Crippen molar-refractivity contribution in [1.82, 2.24) is 29.8 Å². The summed E-state index contributed by atoms with van der Waals surface area (Å²) in [6, 6.07) is 2.04. The lowest BCUT2D eigenvalue weighted by atomic mass is 9.81. The van der Waals surface area contributed by atoms with Crippen molar-refractivity contribution < 1.29 is 9.59 Å². The van der Waals surface area contributed by atoms with Gasteiger partial charge in [-0.3, -0.25) is 19.0 Å². The average molecular weight is 396 g/mol. The molecule has 3 fully saturated rings. The molecule has 4 heterocycles. The van der Waals surface area contributed by atoms with Gasteiger partial charge < -0.3 is 10.2 Å². The Balaban J connectivity index is 1.35. The summed E-state index contributed by atoms with van der Waals surface area (Å²) in [5, 5.41) is 12.0. The fourth-order valence-electron chi connectivity index (χ4n) is 5.32. The summed E-state index contributed by atoms with van der Waals surface area (Å²) in [5.74, 6) is 0.384. The maximum Gasteiger partial charge on any atom is 0.269 e. The van der Waals surface area contributed by atoms with Crippen molar-refractivity contribution in [3.05, 3.63) is 34.9 Å². The Kier molecular flexibility index (Phi) is 4.26. The number of fused-ring (bicyclic) bond motifs is 2. The second kappa shape index (κ2) is 6.71. The fourth-order valence-corrected chi connectivity index (χ4v) is 5.32. The van der Waals surface area contributed by atoms with Crippen LogP contribution >= 0.6 is 0 Å². The number of hydrogen-bond acceptors (Lipinski definition) is 4. The summed E-state index contributed by atoms with van der Waals surface area (Å²) in [4.78, 5) is 28.3. The average Bonchev–Trinajstić information content (AvgIpc) is 3.36. The van der Waals surface area contributed by atoms with Crippen molar-refractivity contribution in [2.75, 3.05) is 0 Å². The second-order valence-corrected chi connectivity index (χ2v) is 8.85. The van der Waals surface area contributed by atoms with Crippen LogP contribution in [0.15, 0.2) is 12.3 Å². The molecule has 3 aliphatic rings. The molecule has 0 spiro atoms. The van der Waals surface area contributed by atoms with E-state index in [1.54, 1.807) is 22.5 Å². The zero-order chi connectivity index (χ0) is 20.3. The van der Waals surface area contributed by atoms with E-state index in [0.717, 1.165) is 49.1 Å². The van der Waals surface area contributed by atoms with Crippen LogP contribution in [0, 0.1) is 6.92 Å². The van der Waals surface area contributed by atoms with E-state index in [-0.39, 0.29) is 29.9 Å². The lowest BCUT2D eigenvalue weighted by Gasteiger charge is -2.27. The molecule has 2 aliphatic heterocycles. The molecule has 2 amide bonds. The SMILES string of the molecule is Cc1cc(C(=O)N[C@@H]2C[C@@H]3CC[C@H]2N3C(=O)c2cn(C)nc2C2CCC2)n(C)n1. The Morgan fingerprint density at radius 3 is 2.59 bits per heavy atom. The van der Waals surface area contributed by atoms with Crippen LogP contribution in [0.1, 0.15) is 76.7 Å². The first-order valence-electron chi connectivity index (χ1n) is 10.6. The van der Waals surface area contributed by atoms with Crippen molar-refractivity contribution >= 4 is 11.8 Å². The molecule has 154 valence electrons. The van der Waals surface area contributed by atoms with Crippen LogP contribution in [-0.4, -0.2) is 54.4 Å². The number of carbonyl (C=O) groups excluding carboxylic acids is 2. The van der Waals surface area contributed by atoms with E-state index in [1.807, 2.05) is 25.1 Å². The minimum atomic E-state index is -0.116. The zero-order valence-corrected chi connectivity index (χ0v) is 17.3. The second-order valence-electron chi connectivity index (χ2n) is 8.85. The minimum Gasteiger partial charge on any atom is -0.346 e.